The molecule has 1 aromatic carbocycles. The Hall–Kier alpha value is -2.90. The topological polar surface area (TPSA) is 89.2 Å². The van der Waals surface area contributed by atoms with Crippen LogP contribution in [0.5, 0.6) is 0 Å². The van der Waals surface area contributed by atoms with Gasteiger partial charge < -0.3 is 10.2 Å². The molecule has 2 heterocycles. The van der Waals surface area contributed by atoms with Crippen LogP contribution in [-0.2, 0) is 16.6 Å². The zero-order valence-electron chi connectivity index (χ0n) is 15.7. The number of aromatic nitrogens is 3. The average molecular weight is 371 g/mol. The Bertz CT molecular complexity index is 871. The van der Waals surface area contributed by atoms with Crippen LogP contribution in [-0.4, -0.2) is 50.7 Å². The van der Waals surface area contributed by atoms with Crippen molar-refractivity contribution in [2.24, 2.45) is 7.05 Å². The van der Waals surface area contributed by atoms with Gasteiger partial charge in [-0.05, 0) is 25.0 Å². The van der Waals surface area contributed by atoms with Gasteiger partial charge in [-0.1, -0.05) is 18.2 Å². The monoisotopic (exact) mass is 371 g/mol. The van der Waals surface area contributed by atoms with Crippen LogP contribution in [0.3, 0.4) is 0 Å². The Morgan fingerprint density at radius 1 is 1.26 bits per heavy atom. The van der Waals surface area contributed by atoms with E-state index in [4.69, 9.17) is 0 Å². The van der Waals surface area contributed by atoms with E-state index in [9.17, 15) is 14.4 Å². The van der Waals surface area contributed by atoms with Gasteiger partial charge in [0.1, 0.15) is 5.82 Å². The highest BCUT2D eigenvalue weighted by Crippen LogP contribution is 2.26. The summed E-state index contributed by atoms with van der Waals surface area (Å²) >= 11 is 0. The highest BCUT2D eigenvalue weighted by atomic mass is 16.2. The summed E-state index contributed by atoms with van der Waals surface area (Å²) in [6, 6.07) is 9.44. The number of benzene rings is 1. The first kappa shape index (κ1) is 18.9. The van der Waals surface area contributed by atoms with Gasteiger partial charge in [-0.2, -0.15) is 5.10 Å². The summed E-state index contributed by atoms with van der Waals surface area (Å²) in [5.41, 5.74) is 0.588. The van der Waals surface area contributed by atoms with Crippen molar-refractivity contribution in [2.75, 3.05) is 19.6 Å². The summed E-state index contributed by atoms with van der Waals surface area (Å²) in [4.78, 5) is 37.8. The predicted octanol–water partition coefficient (Wildman–Crippen LogP) is 0.803. The fourth-order valence-corrected chi connectivity index (χ4v) is 3.49. The second-order valence-electron chi connectivity index (χ2n) is 6.85. The Morgan fingerprint density at radius 3 is 2.70 bits per heavy atom. The van der Waals surface area contributed by atoms with Gasteiger partial charge in [-0.15, -0.1) is 0 Å². The summed E-state index contributed by atoms with van der Waals surface area (Å²) in [5, 5.41) is 7.11. The first-order valence-corrected chi connectivity index (χ1v) is 9.21. The number of nitrogens with zero attached hydrogens (tertiary/aromatic N) is 4. The molecule has 1 N–H and O–H groups in total. The van der Waals surface area contributed by atoms with Crippen molar-refractivity contribution in [1.29, 1.82) is 0 Å². The van der Waals surface area contributed by atoms with Crippen LogP contribution < -0.4 is 11.0 Å². The van der Waals surface area contributed by atoms with E-state index in [1.54, 1.807) is 11.6 Å². The Balaban J connectivity index is 1.79. The second-order valence-corrected chi connectivity index (χ2v) is 6.85. The van der Waals surface area contributed by atoms with E-state index in [1.165, 1.54) is 11.6 Å². The molecule has 0 spiro atoms. The lowest BCUT2D eigenvalue weighted by Crippen LogP contribution is -2.41. The summed E-state index contributed by atoms with van der Waals surface area (Å²) in [7, 11) is 1.64. The molecule has 0 saturated carbocycles. The van der Waals surface area contributed by atoms with E-state index in [-0.39, 0.29) is 29.8 Å². The maximum Gasteiger partial charge on any atom is 0.350 e. The molecule has 8 nitrogen and oxygen atoms in total. The summed E-state index contributed by atoms with van der Waals surface area (Å²) in [6.45, 7) is 3.00. The minimum absolute atomic E-state index is 0.00225. The van der Waals surface area contributed by atoms with E-state index in [0.29, 0.717) is 25.5 Å². The van der Waals surface area contributed by atoms with Crippen LogP contribution in [0.15, 0.2) is 35.1 Å². The standard InChI is InChI=1S/C19H25N5O3/c1-14(25)20-11-10-17(26)23-12-6-7-15(13-23)18-21-22(2)19(27)24(18)16-8-4-3-5-9-16/h3-5,8-9,15H,6-7,10-13H2,1-2H3,(H,20,25)/t15-/m1/s1. The molecule has 0 radical (unpaired) electrons. The minimum atomic E-state index is -0.190. The molecule has 0 unspecified atom stereocenters. The number of para-hydroxylation sites is 1. The van der Waals surface area contributed by atoms with E-state index in [2.05, 4.69) is 10.4 Å². The summed E-state index contributed by atoms with van der Waals surface area (Å²) < 4.78 is 2.98. The predicted molar refractivity (Wildman–Crippen MR) is 101 cm³/mol. The van der Waals surface area contributed by atoms with Gasteiger partial charge in [0.05, 0.1) is 5.69 Å². The smallest absolute Gasteiger partial charge is 0.350 e. The molecule has 1 aliphatic heterocycles. The third-order valence-corrected chi connectivity index (χ3v) is 4.82. The lowest BCUT2D eigenvalue weighted by atomic mass is 9.96. The normalized spacial score (nSPS) is 17.0. The van der Waals surface area contributed by atoms with Gasteiger partial charge in [-0.25, -0.2) is 14.0 Å². The molecule has 1 saturated heterocycles. The fourth-order valence-electron chi connectivity index (χ4n) is 3.49. The lowest BCUT2D eigenvalue weighted by Gasteiger charge is -2.32. The molecule has 0 aliphatic carbocycles. The number of rotatable bonds is 5. The number of piperidine rings is 1. The Kier molecular flexibility index (Phi) is 5.73. The molecule has 1 atom stereocenters. The number of aryl methyl sites for hydroxylation is 1. The van der Waals surface area contributed by atoms with Crippen molar-refractivity contribution in [1.82, 2.24) is 24.6 Å². The Labute approximate surface area is 157 Å². The maximum absolute atomic E-state index is 12.6. The number of likely N-dealkylation sites (tertiary alicyclic amines) is 1. The molecule has 3 rings (SSSR count). The number of nitrogens with one attached hydrogen (secondary N) is 1. The molecule has 8 heteroatoms. The maximum atomic E-state index is 12.6. The molecule has 2 amide bonds. The number of carbonyl (C=O) groups excluding carboxylic acids is 2. The molecule has 144 valence electrons. The van der Waals surface area contributed by atoms with Crippen LogP contribution in [0.2, 0.25) is 0 Å². The SMILES string of the molecule is CC(=O)NCCC(=O)N1CCC[C@@H](c2nn(C)c(=O)n2-c2ccccc2)C1. The summed E-state index contributed by atoms with van der Waals surface area (Å²) in [6.07, 6.45) is 2.01. The number of carbonyl (C=O) groups is 2. The fraction of sp³-hybridized carbons (Fsp3) is 0.474. The molecule has 0 bridgehead atoms. The first-order valence-electron chi connectivity index (χ1n) is 9.21. The van der Waals surface area contributed by atoms with Crippen molar-refractivity contribution in [3.8, 4) is 5.69 Å². The lowest BCUT2D eigenvalue weighted by molar-refractivity contribution is -0.132. The zero-order valence-corrected chi connectivity index (χ0v) is 15.7. The largest absolute Gasteiger partial charge is 0.356 e. The third-order valence-electron chi connectivity index (χ3n) is 4.82. The number of amides is 2. The zero-order chi connectivity index (χ0) is 19.4. The highest BCUT2D eigenvalue weighted by Gasteiger charge is 2.29. The van der Waals surface area contributed by atoms with Gasteiger partial charge in [0, 0.05) is 45.9 Å². The van der Waals surface area contributed by atoms with Crippen molar-refractivity contribution in [2.45, 2.75) is 32.1 Å². The second kappa shape index (κ2) is 8.20. The van der Waals surface area contributed by atoms with E-state index >= 15 is 0 Å². The van der Waals surface area contributed by atoms with Gasteiger partial charge in [0.2, 0.25) is 11.8 Å². The number of hydrogen-bond acceptors (Lipinski definition) is 4. The van der Waals surface area contributed by atoms with Crippen LogP contribution in [0.4, 0.5) is 0 Å². The minimum Gasteiger partial charge on any atom is -0.356 e. The van der Waals surface area contributed by atoms with Crippen molar-refractivity contribution < 1.29 is 9.59 Å². The number of hydrogen-bond donors (Lipinski definition) is 1. The van der Waals surface area contributed by atoms with Gasteiger partial charge in [-0.3, -0.25) is 9.59 Å². The Morgan fingerprint density at radius 2 is 2.00 bits per heavy atom. The third kappa shape index (κ3) is 4.27. The molecular formula is C19H25N5O3. The van der Waals surface area contributed by atoms with E-state index in [0.717, 1.165) is 18.5 Å². The van der Waals surface area contributed by atoms with E-state index in [1.807, 2.05) is 35.2 Å². The van der Waals surface area contributed by atoms with E-state index < -0.39 is 0 Å². The molecular weight excluding hydrogens is 346 g/mol. The highest BCUT2D eigenvalue weighted by molar-refractivity contribution is 5.78. The first-order chi connectivity index (χ1) is 13.0. The quantitative estimate of drug-likeness (QED) is 0.842. The van der Waals surface area contributed by atoms with Crippen LogP contribution in [0, 0.1) is 0 Å². The van der Waals surface area contributed by atoms with Crippen molar-refractivity contribution >= 4 is 11.8 Å². The van der Waals surface area contributed by atoms with Crippen molar-refractivity contribution in [3.05, 3.63) is 46.6 Å². The summed E-state index contributed by atoms with van der Waals surface area (Å²) in [5.74, 6) is 0.559. The molecule has 2 aromatic rings. The molecule has 1 fully saturated rings. The van der Waals surface area contributed by atoms with Gasteiger partial charge >= 0.3 is 5.69 Å². The van der Waals surface area contributed by atoms with Gasteiger partial charge in [0.15, 0.2) is 0 Å². The van der Waals surface area contributed by atoms with Crippen molar-refractivity contribution in [3.63, 3.8) is 0 Å². The molecule has 27 heavy (non-hydrogen) atoms. The van der Waals surface area contributed by atoms with Crippen LogP contribution in [0.1, 0.15) is 37.9 Å². The van der Waals surface area contributed by atoms with Crippen LogP contribution in [0.25, 0.3) is 5.69 Å². The van der Waals surface area contributed by atoms with Crippen LogP contribution >= 0.6 is 0 Å². The van der Waals surface area contributed by atoms with Gasteiger partial charge in [0.25, 0.3) is 0 Å². The molecule has 1 aromatic heterocycles. The molecule has 1 aliphatic rings. The average Bonchev–Trinajstić information content (AvgIpc) is 2.97.